The minimum absolute atomic E-state index is 1.09. The van der Waals surface area contributed by atoms with Crippen molar-refractivity contribution in [2.24, 2.45) is 0 Å². The monoisotopic (exact) mass is 346 g/mol. The minimum atomic E-state index is -1.83. The summed E-state index contributed by atoms with van der Waals surface area (Å²) >= 11 is 0. The Bertz CT molecular complexity index is 323. The highest BCUT2D eigenvalue weighted by molar-refractivity contribution is 5.74. The first-order valence-corrected chi connectivity index (χ1v) is 9.20. The summed E-state index contributed by atoms with van der Waals surface area (Å²) in [6.07, 6.45) is 12.2. The Morgan fingerprint density at radius 1 is 0.875 bits per heavy atom. The first-order valence-electron chi connectivity index (χ1n) is 9.20. The second-order valence-electron chi connectivity index (χ2n) is 6.50. The molecule has 0 atom stereocenters. The van der Waals surface area contributed by atoms with E-state index >= 15 is 0 Å². The average Bonchev–Trinajstić information content (AvgIpc) is 2.47. The van der Waals surface area contributed by atoms with Gasteiger partial charge in [0.2, 0.25) is 0 Å². The molecular formula is C18H40N3O3+. The van der Waals surface area contributed by atoms with Crippen molar-refractivity contribution in [3.05, 3.63) is 0 Å². The van der Waals surface area contributed by atoms with Gasteiger partial charge in [0.25, 0.3) is 0 Å². The fraction of sp³-hybridized carbons (Fsp3) is 0.889. The summed E-state index contributed by atoms with van der Waals surface area (Å²) < 4.78 is 2.14. The van der Waals surface area contributed by atoms with Crippen LogP contribution in [0.15, 0.2) is 0 Å². The van der Waals surface area contributed by atoms with E-state index in [0.717, 1.165) is 6.54 Å². The van der Waals surface area contributed by atoms with Crippen molar-refractivity contribution in [2.45, 2.75) is 71.1 Å². The standard InChI is InChI=1S/C17H37N3.CH2O3/c1-6-7-8-9-10-11-12-13-14-15-16-18-17(19(2)3)20(4)5;2-1(3)4/h6-16H2,1-5H3;(H2,2,3,4)/p+1. The molecule has 0 aliphatic rings. The summed E-state index contributed by atoms with van der Waals surface area (Å²) in [6.45, 7) is 3.37. The van der Waals surface area contributed by atoms with Gasteiger partial charge < -0.3 is 10.2 Å². The van der Waals surface area contributed by atoms with E-state index in [1.54, 1.807) is 0 Å². The van der Waals surface area contributed by atoms with Crippen molar-refractivity contribution in [3.63, 3.8) is 0 Å². The zero-order valence-electron chi connectivity index (χ0n) is 16.5. The number of unbranched alkanes of at least 4 members (excludes halogenated alkanes) is 9. The molecule has 0 radical (unpaired) electrons. The molecule has 3 N–H and O–H groups in total. The number of nitrogens with zero attached hydrogens (tertiary/aromatic N) is 2. The maximum absolute atomic E-state index is 8.56. The van der Waals surface area contributed by atoms with Crippen LogP contribution in [0.5, 0.6) is 0 Å². The largest absolute Gasteiger partial charge is 0.503 e. The van der Waals surface area contributed by atoms with E-state index in [2.05, 4.69) is 49.9 Å². The molecule has 0 saturated heterocycles. The van der Waals surface area contributed by atoms with E-state index in [9.17, 15) is 0 Å². The average molecular weight is 347 g/mol. The molecule has 24 heavy (non-hydrogen) atoms. The summed E-state index contributed by atoms with van der Waals surface area (Å²) in [4.78, 5) is 10.7. The SMILES string of the molecule is CCCCCCCCCCCCNC(N(C)C)=[N+](C)C.O=C(O)O. The zero-order chi connectivity index (χ0) is 18.8. The number of carboxylic acid groups (broad SMARTS) is 2. The van der Waals surface area contributed by atoms with Crippen molar-refractivity contribution >= 4 is 12.1 Å². The highest BCUT2D eigenvalue weighted by Gasteiger charge is 2.09. The highest BCUT2D eigenvalue weighted by atomic mass is 16.6. The molecule has 0 amide bonds. The van der Waals surface area contributed by atoms with Gasteiger partial charge in [0.05, 0.1) is 34.7 Å². The third-order valence-electron chi connectivity index (χ3n) is 3.66. The Morgan fingerprint density at radius 2 is 1.25 bits per heavy atom. The predicted octanol–water partition coefficient (Wildman–Crippen LogP) is 3.91. The van der Waals surface area contributed by atoms with Gasteiger partial charge in [-0.1, -0.05) is 64.7 Å². The van der Waals surface area contributed by atoms with Gasteiger partial charge in [-0.2, -0.15) is 0 Å². The quantitative estimate of drug-likeness (QED) is 0.229. The Balaban J connectivity index is 0. The van der Waals surface area contributed by atoms with E-state index in [1.165, 1.54) is 70.2 Å². The van der Waals surface area contributed by atoms with Crippen molar-refractivity contribution in [1.82, 2.24) is 10.2 Å². The van der Waals surface area contributed by atoms with E-state index in [-0.39, 0.29) is 0 Å². The maximum Gasteiger partial charge on any atom is 0.503 e. The third kappa shape index (κ3) is 20.5. The number of nitrogens with one attached hydrogen (secondary N) is 1. The predicted molar refractivity (Wildman–Crippen MR) is 101 cm³/mol. The summed E-state index contributed by atoms with van der Waals surface area (Å²) in [5.74, 6) is 1.20. The summed E-state index contributed by atoms with van der Waals surface area (Å²) in [6, 6.07) is 0. The molecule has 0 unspecified atom stereocenters. The second kappa shape index (κ2) is 17.9. The van der Waals surface area contributed by atoms with E-state index in [4.69, 9.17) is 15.0 Å². The van der Waals surface area contributed by atoms with Gasteiger partial charge in [0.15, 0.2) is 0 Å². The Kier molecular flexibility index (Phi) is 18.5. The van der Waals surface area contributed by atoms with Gasteiger partial charge >= 0.3 is 12.1 Å². The molecule has 0 rings (SSSR count). The van der Waals surface area contributed by atoms with E-state index in [0.29, 0.717) is 0 Å². The van der Waals surface area contributed by atoms with Crippen molar-refractivity contribution in [1.29, 1.82) is 0 Å². The topological polar surface area (TPSA) is 75.8 Å². The van der Waals surface area contributed by atoms with Gasteiger partial charge in [-0.3, -0.25) is 14.8 Å². The van der Waals surface area contributed by atoms with Gasteiger partial charge in [-0.15, -0.1) is 0 Å². The van der Waals surface area contributed by atoms with Crippen molar-refractivity contribution in [3.8, 4) is 0 Å². The van der Waals surface area contributed by atoms with Crippen LogP contribution in [-0.4, -0.2) is 66.5 Å². The molecule has 0 aliphatic carbocycles. The minimum Gasteiger partial charge on any atom is -0.450 e. The number of hydrogen-bond acceptors (Lipinski definition) is 1. The molecule has 0 saturated carbocycles. The first-order chi connectivity index (χ1) is 11.3. The van der Waals surface area contributed by atoms with E-state index < -0.39 is 6.16 Å². The fourth-order valence-corrected chi connectivity index (χ4v) is 2.53. The van der Waals surface area contributed by atoms with Gasteiger partial charge in [0.1, 0.15) is 0 Å². The number of guanidine groups is 1. The van der Waals surface area contributed by atoms with Crippen LogP contribution < -0.4 is 5.32 Å². The second-order valence-corrected chi connectivity index (χ2v) is 6.50. The molecule has 0 spiro atoms. The van der Waals surface area contributed by atoms with Crippen LogP contribution in [0.1, 0.15) is 71.1 Å². The molecule has 144 valence electrons. The third-order valence-corrected chi connectivity index (χ3v) is 3.66. The molecule has 0 aromatic carbocycles. The Labute approximate surface area is 148 Å². The molecule has 0 fully saturated rings. The summed E-state index contributed by atoms with van der Waals surface area (Å²) in [5.41, 5.74) is 0. The maximum atomic E-state index is 8.56. The summed E-state index contributed by atoms with van der Waals surface area (Å²) in [5, 5.41) is 17.5. The van der Waals surface area contributed by atoms with Crippen molar-refractivity contribution < 1.29 is 19.6 Å². The van der Waals surface area contributed by atoms with Gasteiger partial charge in [-0.05, 0) is 6.42 Å². The number of hydrogen-bond donors (Lipinski definition) is 3. The highest BCUT2D eigenvalue weighted by Crippen LogP contribution is 2.10. The van der Waals surface area contributed by atoms with Crippen LogP contribution in [-0.2, 0) is 0 Å². The summed E-state index contributed by atoms with van der Waals surface area (Å²) in [7, 11) is 8.34. The van der Waals surface area contributed by atoms with Crippen LogP contribution in [0.4, 0.5) is 4.79 Å². The van der Waals surface area contributed by atoms with Crippen molar-refractivity contribution in [2.75, 3.05) is 34.7 Å². The van der Waals surface area contributed by atoms with Crippen LogP contribution in [0, 0.1) is 0 Å². The lowest BCUT2D eigenvalue weighted by Crippen LogP contribution is -2.42. The molecular weight excluding hydrogens is 306 g/mol. The number of rotatable bonds is 11. The molecule has 0 heterocycles. The van der Waals surface area contributed by atoms with Gasteiger partial charge in [-0.25, -0.2) is 4.79 Å². The fourth-order valence-electron chi connectivity index (χ4n) is 2.53. The smallest absolute Gasteiger partial charge is 0.450 e. The Morgan fingerprint density at radius 3 is 1.58 bits per heavy atom. The lowest BCUT2D eigenvalue weighted by molar-refractivity contribution is -0.472. The molecule has 0 aliphatic heterocycles. The number of carbonyl (C=O) groups is 1. The molecule has 0 aromatic heterocycles. The molecule has 0 aromatic rings. The van der Waals surface area contributed by atoms with Gasteiger partial charge in [0, 0.05) is 0 Å². The lowest BCUT2D eigenvalue weighted by atomic mass is 10.1. The van der Waals surface area contributed by atoms with Crippen LogP contribution in [0.3, 0.4) is 0 Å². The Hall–Kier alpha value is -1.46. The van der Waals surface area contributed by atoms with E-state index in [1.807, 2.05) is 0 Å². The lowest BCUT2D eigenvalue weighted by Gasteiger charge is -2.12. The molecule has 6 nitrogen and oxygen atoms in total. The molecule has 0 bridgehead atoms. The van der Waals surface area contributed by atoms with Crippen LogP contribution in [0.25, 0.3) is 0 Å². The molecule has 6 heteroatoms. The normalized spacial score (nSPS) is 9.71. The zero-order valence-corrected chi connectivity index (χ0v) is 16.5. The first kappa shape index (κ1) is 24.8. The van der Waals surface area contributed by atoms with Crippen LogP contribution >= 0.6 is 0 Å². The van der Waals surface area contributed by atoms with Crippen LogP contribution in [0.2, 0.25) is 0 Å².